The standard InChI is InChI=1S/C15H25BrN2OS/c1-2-13(17)15(14-8-12(16)10-20-14)18-6-3-4-11(9-18)5-7-19/h8,10-11,13,15,19H,2-7,9,17H2,1H3. The van der Waals surface area contributed by atoms with Gasteiger partial charge in [0.2, 0.25) is 0 Å². The van der Waals surface area contributed by atoms with E-state index in [4.69, 9.17) is 5.73 Å². The summed E-state index contributed by atoms with van der Waals surface area (Å²) < 4.78 is 1.15. The van der Waals surface area contributed by atoms with Crippen LogP contribution < -0.4 is 5.73 Å². The number of aliphatic hydroxyl groups excluding tert-OH is 1. The molecule has 3 atom stereocenters. The molecular weight excluding hydrogens is 336 g/mol. The van der Waals surface area contributed by atoms with Crippen LogP contribution in [0.25, 0.3) is 0 Å². The molecule has 0 saturated carbocycles. The summed E-state index contributed by atoms with van der Waals surface area (Å²) in [5, 5.41) is 11.3. The van der Waals surface area contributed by atoms with Crippen molar-refractivity contribution in [2.75, 3.05) is 19.7 Å². The van der Waals surface area contributed by atoms with Crippen molar-refractivity contribution < 1.29 is 5.11 Å². The van der Waals surface area contributed by atoms with Gasteiger partial charge in [0, 0.05) is 33.9 Å². The minimum atomic E-state index is 0.174. The van der Waals surface area contributed by atoms with Gasteiger partial charge >= 0.3 is 0 Å². The SMILES string of the molecule is CCC(N)C(c1cc(Br)cs1)N1CCCC(CCO)C1. The molecular formula is C15H25BrN2OS. The summed E-state index contributed by atoms with van der Waals surface area (Å²) >= 11 is 5.34. The molecule has 20 heavy (non-hydrogen) atoms. The van der Waals surface area contributed by atoms with Crippen molar-refractivity contribution in [3.63, 3.8) is 0 Å². The minimum Gasteiger partial charge on any atom is -0.396 e. The monoisotopic (exact) mass is 360 g/mol. The van der Waals surface area contributed by atoms with Gasteiger partial charge in [-0.15, -0.1) is 11.3 Å². The second-order valence-corrected chi connectivity index (χ2v) is 7.56. The van der Waals surface area contributed by atoms with E-state index in [0.717, 1.165) is 30.4 Å². The smallest absolute Gasteiger partial charge is 0.0593 e. The summed E-state index contributed by atoms with van der Waals surface area (Å²) in [4.78, 5) is 3.90. The zero-order chi connectivity index (χ0) is 14.5. The first-order valence-electron chi connectivity index (χ1n) is 7.50. The molecule has 1 fully saturated rings. The predicted molar refractivity (Wildman–Crippen MR) is 89.0 cm³/mol. The van der Waals surface area contributed by atoms with Crippen molar-refractivity contribution in [3.8, 4) is 0 Å². The molecule has 0 aliphatic carbocycles. The molecule has 3 N–H and O–H groups in total. The van der Waals surface area contributed by atoms with E-state index in [1.54, 1.807) is 11.3 Å². The van der Waals surface area contributed by atoms with Gasteiger partial charge in [0.15, 0.2) is 0 Å². The van der Waals surface area contributed by atoms with Crippen molar-refractivity contribution in [1.82, 2.24) is 4.90 Å². The lowest BCUT2D eigenvalue weighted by molar-refractivity contribution is 0.0947. The summed E-state index contributed by atoms with van der Waals surface area (Å²) in [6.45, 7) is 4.65. The zero-order valence-electron chi connectivity index (χ0n) is 12.1. The average Bonchev–Trinajstić information content (AvgIpc) is 2.86. The Balaban J connectivity index is 2.14. The van der Waals surface area contributed by atoms with E-state index in [0.29, 0.717) is 18.6 Å². The van der Waals surface area contributed by atoms with Gasteiger partial charge < -0.3 is 10.8 Å². The summed E-state index contributed by atoms with van der Waals surface area (Å²) in [5.41, 5.74) is 6.41. The zero-order valence-corrected chi connectivity index (χ0v) is 14.5. The van der Waals surface area contributed by atoms with Gasteiger partial charge in [-0.3, -0.25) is 4.90 Å². The lowest BCUT2D eigenvalue weighted by atomic mass is 9.92. The summed E-state index contributed by atoms with van der Waals surface area (Å²) in [6.07, 6.45) is 4.35. The third-order valence-corrected chi connectivity index (χ3v) is 6.00. The molecule has 0 spiro atoms. The second-order valence-electron chi connectivity index (χ2n) is 5.70. The molecule has 0 radical (unpaired) electrons. The predicted octanol–water partition coefficient (Wildman–Crippen LogP) is 3.38. The molecule has 1 aromatic heterocycles. The highest BCUT2D eigenvalue weighted by atomic mass is 79.9. The van der Waals surface area contributed by atoms with Crippen molar-refractivity contribution >= 4 is 27.3 Å². The molecule has 2 heterocycles. The fraction of sp³-hybridized carbons (Fsp3) is 0.733. The van der Waals surface area contributed by atoms with E-state index in [2.05, 4.69) is 39.2 Å². The number of nitrogens with zero attached hydrogens (tertiary/aromatic N) is 1. The molecule has 3 nitrogen and oxygen atoms in total. The highest BCUT2D eigenvalue weighted by Crippen LogP contribution is 2.35. The summed E-state index contributed by atoms with van der Waals surface area (Å²) in [6, 6.07) is 2.70. The maximum Gasteiger partial charge on any atom is 0.0593 e. The molecule has 1 aliphatic heterocycles. The Kier molecular flexibility index (Phi) is 6.49. The second kappa shape index (κ2) is 7.90. The molecule has 2 rings (SSSR count). The number of halogens is 1. The van der Waals surface area contributed by atoms with Gasteiger partial charge in [-0.25, -0.2) is 0 Å². The van der Waals surface area contributed by atoms with Crippen LogP contribution in [-0.4, -0.2) is 35.7 Å². The highest BCUT2D eigenvalue weighted by molar-refractivity contribution is 9.10. The van der Waals surface area contributed by atoms with Crippen molar-refractivity contribution in [2.45, 2.75) is 44.7 Å². The van der Waals surface area contributed by atoms with Crippen molar-refractivity contribution in [2.24, 2.45) is 11.7 Å². The van der Waals surface area contributed by atoms with E-state index in [-0.39, 0.29) is 6.04 Å². The van der Waals surface area contributed by atoms with Crippen LogP contribution in [0.2, 0.25) is 0 Å². The van der Waals surface area contributed by atoms with Gasteiger partial charge in [0.25, 0.3) is 0 Å². The summed E-state index contributed by atoms with van der Waals surface area (Å²) in [7, 11) is 0. The Bertz CT molecular complexity index is 410. The maximum absolute atomic E-state index is 9.17. The van der Waals surface area contributed by atoms with Crippen LogP contribution in [0.3, 0.4) is 0 Å². The summed E-state index contributed by atoms with van der Waals surface area (Å²) in [5.74, 6) is 0.615. The number of aliphatic hydroxyl groups is 1. The molecule has 0 amide bonds. The van der Waals surface area contributed by atoms with E-state index < -0.39 is 0 Å². The molecule has 114 valence electrons. The quantitative estimate of drug-likeness (QED) is 0.817. The Morgan fingerprint density at radius 3 is 3.00 bits per heavy atom. The normalized spacial score (nSPS) is 23.7. The highest BCUT2D eigenvalue weighted by Gasteiger charge is 2.30. The largest absolute Gasteiger partial charge is 0.396 e. The number of hydrogen-bond acceptors (Lipinski definition) is 4. The first-order valence-corrected chi connectivity index (χ1v) is 9.17. The van der Waals surface area contributed by atoms with Crippen molar-refractivity contribution in [1.29, 1.82) is 0 Å². The van der Waals surface area contributed by atoms with E-state index in [1.807, 2.05) is 0 Å². The molecule has 0 aromatic carbocycles. The lowest BCUT2D eigenvalue weighted by Crippen LogP contribution is -2.45. The Labute approximate surface area is 134 Å². The van der Waals surface area contributed by atoms with E-state index >= 15 is 0 Å². The number of nitrogens with two attached hydrogens (primary N) is 1. The van der Waals surface area contributed by atoms with Crippen LogP contribution >= 0.6 is 27.3 Å². The third kappa shape index (κ3) is 4.04. The molecule has 1 aliphatic rings. The molecule has 1 aromatic rings. The molecule has 3 unspecified atom stereocenters. The molecule has 5 heteroatoms. The fourth-order valence-electron chi connectivity index (χ4n) is 3.14. The van der Waals surface area contributed by atoms with Crippen LogP contribution in [0.15, 0.2) is 15.9 Å². The van der Waals surface area contributed by atoms with Gasteiger partial charge in [-0.1, -0.05) is 6.92 Å². The van der Waals surface area contributed by atoms with E-state index in [9.17, 15) is 5.11 Å². The Morgan fingerprint density at radius 2 is 2.40 bits per heavy atom. The number of hydrogen-bond donors (Lipinski definition) is 2. The van der Waals surface area contributed by atoms with Gasteiger partial charge in [-0.2, -0.15) is 0 Å². The lowest BCUT2D eigenvalue weighted by Gasteiger charge is -2.40. The van der Waals surface area contributed by atoms with Crippen LogP contribution in [0.4, 0.5) is 0 Å². The van der Waals surface area contributed by atoms with Gasteiger partial charge in [0.1, 0.15) is 0 Å². The Hall–Kier alpha value is 0.0600. The topological polar surface area (TPSA) is 49.5 Å². The minimum absolute atomic E-state index is 0.174. The average molecular weight is 361 g/mol. The van der Waals surface area contributed by atoms with Gasteiger partial charge in [0.05, 0.1) is 6.04 Å². The van der Waals surface area contributed by atoms with Crippen molar-refractivity contribution in [3.05, 3.63) is 20.8 Å². The van der Waals surface area contributed by atoms with Crippen LogP contribution in [0.1, 0.15) is 43.5 Å². The van der Waals surface area contributed by atoms with Crippen LogP contribution in [0.5, 0.6) is 0 Å². The Morgan fingerprint density at radius 1 is 1.60 bits per heavy atom. The third-order valence-electron chi connectivity index (χ3n) is 4.24. The first-order chi connectivity index (χ1) is 9.65. The number of thiophene rings is 1. The first kappa shape index (κ1) is 16.4. The number of rotatable bonds is 6. The van der Waals surface area contributed by atoms with E-state index in [1.165, 1.54) is 17.7 Å². The maximum atomic E-state index is 9.17. The number of piperidine rings is 1. The van der Waals surface area contributed by atoms with Gasteiger partial charge in [-0.05, 0) is 60.1 Å². The van der Waals surface area contributed by atoms with Crippen LogP contribution in [-0.2, 0) is 0 Å². The molecule has 1 saturated heterocycles. The molecule has 0 bridgehead atoms. The fourth-order valence-corrected chi connectivity index (χ4v) is 4.79. The van der Waals surface area contributed by atoms with Crippen LogP contribution in [0, 0.1) is 5.92 Å². The number of likely N-dealkylation sites (tertiary alicyclic amines) is 1.